The maximum Gasteiger partial charge on any atom is 0.312 e. The average molecular weight is 371 g/mol. The summed E-state index contributed by atoms with van der Waals surface area (Å²) in [5.74, 6) is -0.555. The minimum Gasteiger partial charge on any atom is -0.474 e. The molecular weight excluding hydrogens is 350 g/mol. The molecule has 1 aliphatic rings. The third-order valence-electron chi connectivity index (χ3n) is 4.08. The number of hydrogen-bond donors (Lipinski definition) is 2. The fourth-order valence-corrected chi connectivity index (χ4v) is 3.26. The number of nitro benzene ring substituents is 1. The van der Waals surface area contributed by atoms with Crippen molar-refractivity contribution in [3.63, 3.8) is 0 Å². The topological polar surface area (TPSA) is 142 Å². The van der Waals surface area contributed by atoms with Crippen LogP contribution in [-0.2, 0) is 14.8 Å². The molecule has 0 heterocycles. The fraction of sp³-hybridized carbons (Fsp3) is 0.533. The van der Waals surface area contributed by atoms with Crippen LogP contribution in [0.25, 0.3) is 0 Å². The molecule has 0 aliphatic heterocycles. The number of nitrogens with two attached hydrogens (primary N) is 1. The molecule has 1 aromatic carbocycles. The van der Waals surface area contributed by atoms with Crippen molar-refractivity contribution in [1.29, 1.82) is 0 Å². The highest BCUT2D eigenvalue weighted by atomic mass is 32.2. The summed E-state index contributed by atoms with van der Waals surface area (Å²) in [4.78, 5) is 22.2. The average Bonchev–Trinajstić information content (AvgIpc) is 2.54. The minimum atomic E-state index is -4.08. The lowest BCUT2D eigenvalue weighted by Gasteiger charge is -2.24. The van der Waals surface area contributed by atoms with Crippen LogP contribution in [0.4, 0.5) is 5.69 Å². The second-order valence-electron chi connectivity index (χ2n) is 6.04. The monoisotopic (exact) mass is 371 g/mol. The van der Waals surface area contributed by atoms with Crippen LogP contribution in [0.2, 0.25) is 0 Å². The van der Waals surface area contributed by atoms with E-state index in [1.807, 2.05) is 0 Å². The highest BCUT2D eigenvalue weighted by molar-refractivity contribution is 7.89. The Morgan fingerprint density at radius 1 is 1.36 bits per heavy atom. The Labute approximate surface area is 145 Å². The maximum absolute atomic E-state index is 12.2. The lowest BCUT2D eigenvalue weighted by atomic mass is 9.95. The lowest BCUT2D eigenvalue weighted by Crippen LogP contribution is -2.43. The molecule has 0 aromatic heterocycles. The first-order chi connectivity index (χ1) is 11.7. The molecule has 1 fully saturated rings. The molecule has 0 spiro atoms. The van der Waals surface area contributed by atoms with Gasteiger partial charge in [0.25, 0.3) is 5.91 Å². The summed E-state index contributed by atoms with van der Waals surface area (Å²) in [5, 5.41) is 19.0. The predicted molar refractivity (Wildman–Crippen MR) is 89.6 cm³/mol. The van der Waals surface area contributed by atoms with Crippen LogP contribution in [0, 0.1) is 10.1 Å². The number of nitrogens with zero attached hydrogens (tertiary/aromatic N) is 1. The van der Waals surface area contributed by atoms with Gasteiger partial charge < -0.3 is 10.1 Å². The Kier molecular flexibility index (Phi) is 5.96. The summed E-state index contributed by atoms with van der Waals surface area (Å²) in [5.41, 5.74) is -0.566. The van der Waals surface area contributed by atoms with Gasteiger partial charge in [-0.1, -0.05) is 19.3 Å². The molecule has 3 N–H and O–H groups in total. The summed E-state index contributed by atoms with van der Waals surface area (Å²) >= 11 is 0. The first kappa shape index (κ1) is 19.1. The van der Waals surface area contributed by atoms with Crippen molar-refractivity contribution in [3.05, 3.63) is 28.3 Å². The Balaban J connectivity index is 2.12. The van der Waals surface area contributed by atoms with Gasteiger partial charge in [0.1, 0.15) is 0 Å². The Hall–Kier alpha value is -2.20. The van der Waals surface area contributed by atoms with Gasteiger partial charge in [0.15, 0.2) is 11.9 Å². The van der Waals surface area contributed by atoms with Crippen LogP contribution in [0.1, 0.15) is 39.0 Å². The number of ether oxygens (including phenoxy) is 1. The van der Waals surface area contributed by atoms with E-state index in [0.29, 0.717) is 0 Å². The quantitative estimate of drug-likeness (QED) is 0.572. The van der Waals surface area contributed by atoms with Gasteiger partial charge in [0, 0.05) is 12.1 Å². The number of nitro groups is 1. The van der Waals surface area contributed by atoms with Gasteiger partial charge in [-0.2, -0.15) is 0 Å². The molecule has 10 heteroatoms. The predicted octanol–water partition coefficient (Wildman–Crippen LogP) is 1.46. The zero-order valence-electron chi connectivity index (χ0n) is 13.8. The Morgan fingerprint density at radius 3 is 2.56 bits per heavy atom. The van der Waals surface area contributed by atoms with Crippen molar-refractivity contribution in [3.8, 4) is 5.75 Å². The van der Waals surface area contributed by atoms with Crippen LogP contribution < -0.4 is 15.2 Å². The van der Waals surface area contributed by atoms with Gasteiger partial charge in [0.05, 0.1) is 9.82 Å². The first-order valence-electron chi connectivity index (χ1n) is 7.97. The summed E-state index contributed by atoms with van der Waals surface area (Å²) < 4.78 is 28.0. The van der Waals surface area contributed by atoms with Crippen LogP contribution >= 0.6 is 0 Å². The minimum absolute atomic E-state index is 0.0899. The molecule has 0 radical (unpaired) electrons. The number of primary sulfonamides is 1. The molecule has 0 saturated heterocycles. The molecule has 25 heavy (non-hydrogen) atoms. The number of sulfonamides is 1. The van der Waals surface area contributed by atoms with E-state index in [1.54, 1.807) is 0 Å². The maximum atomic E-state index is 12.2. The van der Waals surface area contributed by atoms with E-state index in [-0.39, 0.29) is 17.7 Å². The van der Waals surface area contributed by atoms with Gasteiger partial charge in [-0.25, -0.2) is 13.6 Å². The number of carbonyl (C=O) groups excluding carboxylic acids is 1. The number of rotatable bonds is 6. The number of nitrogens with one attached hydrogen (secondary N) is 1. The first-order valence-corrected chi connectivity index (χ1v) is 9.51. The number of amides is 1. The van der Waals surface area contributed by atoms with Gasteiger partial charge in [-0.15, -0.1) is 0 Å². The number of carbonyl (C=O) groups is 1. The molecule has 2 rings (SSSR count). The van der Waals surface area contributed by atoms with Crippen molar-refractivity contribution in [1.82, 2.24) is 5.32 Å². The molecule has 1 saturated carbocycles. The SMILES string of the molecule is C[C@H](Oc1ccc(S(N)(=O)=O)cc1[N+](=O)[O-])C(=O)NC1CCCCC1. The summed E-state index contributed by atoms with van der Waals surface area (Å²) in [7, 11) is -4.08. The van der Waals surface area contributed by atoms with Gasteiger partial charge in [0.2, 0.25) is 10.0 Å². The van der Waals surface area contributed by atoms with Gasteiger partial charge in [-0.05, 0) is 31.9 Å². The summed E-state index contributed by atoms with van der Waals surface area (Å²) in [6.07, 6.45) is 4.12. The van der Waals surface area contributed by atoms with Crippen LogP contribution in [-0.4, -0.2) is 31.4 Å². The van der Waals surface area contributed by atoms with E-state index < -0.39 is 31.6 Å². The van der Waals surface area contributed by atoms with Crippen LogP contribution in [0.3, 0.4) is 0 Å². The molecule has 1 amide bonds. The molecule has 1 aliphatic carbocycles. The van der Waals surface area contributed by atoms with E-state index >= 15 is 0 Å². The molecule has 0 bridgehead atoms. The highest BCUT2D eigenvalue weighted by Crippen LogP contribution is 2.30. The number of hydrogen-bond acceptors (Lipinski definition) is 6. The Morgan fingerprint density at radius 2 is 2.00 bits per heavy atom. The zero-order chi connectivity index (χ0) is 18.6. The second-order valence-corrected chi connectivity index (χ2v) is 7.60. The lowest BCUT2D eigenvalue weighted by molar-refractivity contribution is -0.386. The normalized spacial score (nSPS) is 16.9. The number of benzene rings is 1. The summed E-state index contributed by atoms with van der Waals surface area (Å²) in [6.45, 7) is 1.48. The van der Waals surface area contributed by atoms with E-state index in [0.717, 1.165) is 50.3 Å². The molecule has 1 aromatic rings. The molecule has 138 valence electrons. The molecule has 9 nitrogen and oxygen atoms in total. The highest BCUT2D eigenvalue weighted by Gasteiger charge is 2.25. The van der Waals surface area contributed by atoms with Crippen molar-refractivity contribution in [2.75, 3.05) is 0 Å². The van der Waals surface area contributed by atoms with Crippen LogP contribution in [0.15, 0.2) is 23.1 Å². The fourth-order valence-electron chi connectivity index (χ4n) is 2.73. The second kappa shape index (κ2) is 7.79. The third-order valence-corrected chi connectivity index (χ3v) is 4.99. The van der Waals surface area contributed by atoms with Crippen molar-refractivity contribution < 1.29 is 22.9 Å². The summed E-state index contributed by atoms with van der Waals surface area (Å²) in [6, 6.07) is 3.13. The standard InChI is InChI=1S/C15H21N3O6S/c1-10(15(19)17-11-5-3-2-4-6-11)24-14-8-7-12(25(16,22)23)9-13(14)18(20)21/h7-11H,2-6H2,1H3,(H,17,19)(H2,16,22,23)/t10-/m0/s1. The van der Waals surface area contributed by atoms with Gasteiger partial charge in [-0.3, -0.25) is 14.9 Å². The van der Waals surface area contributed by atoms with Crippen molar-refractivity contribution in [2.24, 2.45) is 5.14 Å². The molecule has 1 atom stereocenters. The van der Waals surface area contributed by atoms with Crippen molar-refractivity contribution >= 4 is 21.6 Å². The van der Waals surface area contributed by atoms with Gasteiger partial charge >= 0.3 is 5.69 Å². The smallest absolute Gasteiger partial charge is 0.312 e. The van der Waals surface area contributed by atoms with E-state index in [1.165, 1.54) is 6.92 Å². The largest absolute Gasteiger partial charge is 0.474 e. The van der Waals surface area contributed by atoms with E-state index in [2.05, 4.69) is 5.32 Å². The Bertz CT molecular complexity index is 759. The molecular formula is C15H21N3O6S. The van der Waals surface area contributed by atoms with Crippen LogP contribution in [0.5, 0.6) is 5.75 Å². The van der Waals surface area contributed by atoms with Crippen molar-refractivity contribution in [2.45, 2.75) is 56.1 Å². The zero-order valence-corrected chi connectivity index (χ0v) is 14.6. The van der Waals surface area contributed by atoms with E-state index in [9.17, 15) is 23.3 Å². The van der Waals surface area contributed by atoms with E-state index in [4.69, 9.17) is 9.88 Å². The molecule has 0 unspecified atom stereocenters. The third kappa shape index (κ3) is 5.13.